The van der Waals surface area contributed by atoms with Crippen LogP contribution in [-0.4, -0.2) is 10.6 Å². The molecular weight excluding hydrogens is 204 g/mol. The second-order valence-corrected chi connectivity index (χ2v) is 5.00. The Balaban J connectivity index is 2.73. The molecule has 0 spiro atoms. The Morgan fingerprint density at radius 1 is 1.55 bits per heavy atom. The molecule has 0 unspecified atom stereocenters. The minimum absolute atomic E-state index is 0.0752. The number of hydrogen-bond donors (Lipinski definition) is 0. The Labute approximate surface area is 76.7 Å². The average Bonchev–Trinajstić information content (AvgIpc) is 2.37. The normalized spacial score (nSPS) is 42.7. The molecule has 11 heavy (non-hydrogen) atoms. The molecule has 1 nitrogen and oxygen atoms in total. The van der Waals surface area contributed by atoms with Crippen molar-refractivity contribution in [1.29, 1.82) is 0 Å². The second-order valence-electron chi connectivity index (χ2n) is 4.01. The molecular formula is C9H15BrO. The van der Waals surface area contributed by atoms with Crippen molar-refractivity contribution in [1.82, 2.24) is 0 Å². The van der Waals surface area contributed by atoms with Gasteiger partial charge in [-0.1, -0.05) is 36.7 Å². The molecule has 1 fully saturated rings. The molecule has 0 amide bonds. The Bertz CT molecular complexity index is 188. The standard InChI is InChI=1S/C9H15BrO/c1-5(2)7-8(10)9(7,4)6(3)11/h5,7-8H,1-4H3/t7-,8-,9+/m1/s1. The smallest absolute Gasteiger partial charge is 0.137 e. The van der Waals surface area contributed by atoms with Crippen molar-refractivity contribution in [3.63, 3.8) is 0 Å². The van der Waals surface area contributed by atoms with Gasteiger partial charge in [0.2, 0.25) is 0 Å². The fourth-order valence-electron chi connectivity index (χ4n) is 1.95. The minimum Gasteiger partial charge on any atom is -0.299 e. The highest BCUT2D eigenvalue weighted by molar-refractivity contribution is 9.09. The maximum absolute atomic E-state index is 11.2. The first-order chi connectivity index (χ1) is 4.92. The van der Waals surface area contributed by atoms with Crippen molar-refractivity contribution < 1.29 is 4.79 Å². The number of halogens is 1. The lowest BCUT2D eigenvalue weighted by atomic mass is 9.96. The first-order valence-electron chi connectivity index (χ1n) is 4.07. The Kier molecular flexibility index (Phi) is 2.17. The second kappa shape index (κ2) is 2.58. The fraction of sp³-hybridized carbons (Fsp3) is 0.889. The Morgan fingerprint density at radius 2 is 2.00 bits per heavy atom. The van der Waals surface area contributed by atoms with Crippen LogP contribution in [0.2, 0.25) is 0 Å². The van der Waals surface area contributed by atoms with Crippen LogP contribution in [0.15, 0.2) is 0 Å². The highest BCUT2D eigenvalue weighted by Gasteiger charge is 2.63. The number of alkyl halides is 1. The molecule has 0 radical (unpaired) electrons. The molecule has 0 aromatic carbocycles. The summed E-state index contributed by atoms with van der Waals surface area (Å²) in [5.41, 5.74) is -0.0752. The first-order valence-corrected chi connectivity index (χ1v) is 4.99. The van der Waals surface area contributed by atoms with Crippen LogP contribution >= 0.6 is 15.9 Å². The number of rotatable bonds is 2. The number of ketones is 1. The Hall–Kier alpha value is 0.150. The van der Waals surface area contributed by atoms with Gasteiger partial charge in [0.15, 0.2) is 0 Å². The maximum Gasteiger partial charge on any atom is 0.137 e. The van der Waals surface area contributed by atoms with Crippen molar-refractivity contribution >= 4 is 21.7 Å². The number of Topliss-reactive ketones (excluding diaryl/α,β-unsaturated/α-hetero) is 1. The summed E-state index contributed by atoms with van der Waals surface area (Å²) in [6, 6.07) is 0. The van der Waals surface area contributed by atoms with Gasteiger partial charge < -0.3 is 0 Å². The number of carbonyl (C=O) groups is 1. The lowest BCUT2D eigenvalue weighted by Crippen LogP contribution is -2.13. The monoisotopic (exact) mass is 218 g/mol. The van der Waals surface area contributed by atoms with Crippen LogP contribution in [0.25, 0.3) is 0 Å². The van der Waals surface area contributed by atoms with Crippen molar-refractivity contribution in [2.45, 2.75) is 32.5 Å². The van der Waals surface area contributed by atoms with Gasteiger partial charge in [-0.25, -0.2) is 0 Å². The van der Waals surface area contributed by atoms with E-state index in [-0.39, 0.29) is 5.41 Å². The van der Waals surface area contributed by atoms with Crippen LogP contribution in [0, 0.1) is 17.3 Å². The van der Waals surface area contributed by atoms with Gasteiger partial charge in [0, 0.05) is 10.2 Å². The van der Waals surface area contributed by atoms with E-state index in [0.29, 0.717) is 22.4 Å². The van der Waals surface area contributed by atoms with E-state index < -0.39 is 0 Å². The SMILES string of the molecule is CC(=O)[C@]1(C)[C@H](Br)[C@H]1C(C)C. The number of hydrogen-bond acceptors (Lipinski definition) is 1. The number of carbonyl (C=O) groups excluding carboxylic acids is 1. The van der Waals surface area contributed by atoms with E-state index in [4.69, 9.17) is 0 Å². The highest BCUT2D eigenvalue weighted by atomic mass is 79.9. The first kappa shape index (κ1) is 9.24. The summed E-state index contributed by atoms with van der Waals surface area (Å²) in [6.07, 6.45) is 0. The summed E-state index contributed by atoms with van der Waals surface area (Å²) in [6.45, 7) is 8.09. The third kappa shape index (κ3) is 1.16. The van der Waals surface area contributed by atoms with Gasteiger partial charge in [-0.05, 0) is 18.8 Å². The molecule has 0 heterocycles. The van der Waals surface area contributed by atoms with E-state index in [1.165, 1.54) is 0 Å². The third-order valence-corrected chi connectivity index (χ3v) is 4.47. The molecule has 2 heteroatoms. The zero-order valence-corrected chi connectivity index (χ0v) is 9.10. The van der Waals surface area contributed by atoms with Crippen LogP contribution in [0.4, 0.5) is 0 Å². The molecule has 1 aliphatic rings. The Morgan fingerprint density at radius 3 is 2.09 bits per heavy atom. The molecule has 0 N–H and O–H groups in total. The van der Waals surface area contributed by atoms with E-state index in [9.17, 15) is 4.79 Å². The fourth-order valence-corrected chi connectivity index (χ4v) is 3.59. The van der Waals surface area contributed by atoms with E-state index in [2.05, 4.69) is 36.7 Å². The van der Waals surface area contributed by atoms with E-state index in [1.54, 1.807) is 6.92 Å². The average molecular weight is 219 g/mol. The predicted molar refractivity (Wildman–Crippen MR) is 49.8 cm³/mol. The molecule has 0 bridgehead atoms. The zero-order valence-electron chi connectivity index (χ0n) is 7.52. The van der Waals surface area contributed by atoms with Crippen LogP contribution < -0.4 is 0 Å². The lowest BCUT2D eigenvalue weighted by molar-refractivity contribution is -0.122. The van der Waals surface area contributed by atoms with Crippen LogP contribution in [0.1, 0.15) is 27.7 Å². The predicted octanol–water partition coefficient (Wildman–Crippen LogP) is 2.63. The molecule has 1 aliphatic carbocycles. The van der Waals surface area contributed by atoms with Crippen molar-refractivity contribution in [2.24, 2.45) is 17.3 Å². The summed E-state index contributed by atoms with van der Waals surface area (Å²) in [5, 5.41) is 0. The van der Waals surface area contributed by atoms with Gasteiger partial charge >= 0.3 is 0 Å². The van der Waals surface area contributed by atoms with Gasteiger partial charge in [0.05, 0.1) is 0 Å². The highest BCUT2D eigenvalue weighted by Crippen LogP contribution is 2.61. The van der Waals surface area contributed by atoms with E-state index in [0.717, 1.165) is 0 Å². The van der Waals surface area contributed by atoms with Crippen LogP contribution in [0.5, 0.6) is 0 Å². The molecule has 0 aromatic rings. The summed E-state index contributed by atoms with van der Waals surface area (Å²) < 4.78 is 0. The van der Waals surface area contributed by atoms with E-state index >= 15 is 0 Å². The minimum atomic E-state index is -0.0752. The van der Waals surface area contributed by atoms with Gasteiger partial charge in [0.1, 0.15) is 5.78 Å². The molecule has 0 aromatic heterocycles. The van der Waals surface area contributed by atoms with Crippen molar-refractivity contribution in [3.05, 3.63) is 0 Å². The topological polar surface area (TPSA) is 17.1 Å². The quantitative estimate of drug-likeness (QED) is 0.652. The third-order valence-electron chi connectivity index (χ3n) is 2.95. The molecule has 1 rings (SSSR count). The van der Waals surface area contributed by atoms with Gasteiger partial charge in [0.25, 0.3) is 0 Å². The van der Waals surface area contributed by atoms with Crippen LogP contribution in [-0.2, 0) is 4.79 Å². The van der Waals surface area contributed by atoms with E-state index in [1.807, 2.05) is 0 Å². The summed E-state index contributed by atoms with van der Waals surface area (Å²) >= 11 is 3.55. The van der Waals surface area contributed by atoms with Crippen LogP contribution in [0.3, 0.4) is 0 Å². The molecule has 1 saturated carbocycles. The molecule has 3 atom stereocenters. The summed E-state index contributed by atoms with van der Waals surface area (Å²) in [4.78, 5) is 11.6. The molecule has 64 valence electrons. The summed E-state index contributed by atoms with van der Waals surface area (Å²) in [5.74, 6) is 1.46. The van der Waals surface area contributed by atoms with Gasteiger partial charge in [-0.15, -0.1) is 0 Å². The van der Waals surface area contributed by atoms with Crippen molar-refractivity contribution in [3.8, 4) is 0 Å². The van der Waals surface area contributed by atoms with Gasteiger partial charge in [-0.3, -0.25) is 4.79 Å². The molecule has 0 saturated heterocycles. The van der Waals surface area contributed by atoms with Crippen molar-refractivity contribution in [2.75, 3.05) is 0 Å². The zero-order chi connectivity index (χ0) is 8.81. The largest absolute Gasteiger partial charge is 0.299 e. The van der Waals surface area contributed by atoms with Gasteiger partial charge in [-0.2, -0.15) is 0 Å². The lowest BCUT2D eigenvalue weighted by Gasteiger charge is -2.07. The maximum atomic E-state index is 11.2. The molecule has 0 aliphatic heterocycles. The summed E-state index contributed by atoms with van der Waals surface area (Å²) in [7, 11) is 0.